The molecular formula is C13H17N3O3S. The summed E-state index contributed by atoms with van der Waals surface area (Å²) in [5.41, 5.74) is 0.870. The van der Waals surface area contributed by atoms with Crippen LogP contribution in [0.25, 0.3) is 0 Å². The predicted molar refractivity (Wildman–Crippen MR) is 75.8 cm³/mol. The van der Waals surface area contributed by atoms with Crippen LogP contribution in [0.4, 0.5) is 5.69 Å². The van der Waals surface area contributed by atoms with E-state index in [-0.39, 0.29) is 5.03 Å². The number of aliphatic hydroxyl groups excluding tert-OH is 1. The Balaban J connectivity index is 2.38. The van der Waals surface area contributed by atoms with Crippen molar-refractivity contribution < 1.29 is 13.5 Å². The predicted octanol–water partition coefficient (Wildman–Crippen LogP) is 1.58. The van der Waals surface area contributed by atoms with E-state index < -0.39 is 16.1 Å². The molecular weight excluding hydrogens is 278 g/mol. The lowest BCUT2D eigenvalue weighted by molar-refractivity contribution is 0.200. The number of aliphatic hydroxyl groups is 1. The highest BCUT2D eigenvalue weighted by Crippen LogP contribution is 2.24. The molecule has 2 N–H and O–H groups in total. The van der Waals surface area contributed by atoms with Crippen LogP contribution in [0.5, 0.6) is 0 Å². The summed E-state index contributed by atoms with van der Waals surface area (Å²) in [5.74, 6) is 0.606. The van der Waals surface area contributed by atoms with E-state index in [0.717, 1.165) is 0 Å². The SMILES string of the molecule is Cc1nc(S(=O)(=O)Nc2ccccc2C(C)O)cn1C. The molecule has 0 spiro atoms. The molecule has 0 saturated heterocycles. The summed E-state index contributed by atoms with van der Waals surface area (Å²) < 4.78 is 28.6. The molecule has 108 valence electrons. The van der Waals surface area contributed by atoms with Crippen molar-refractivity contribution in [3.63, 3.8) is 0 Å². The highest BCUT2D eigenvalue weighted by molar-refractivity contribution is 7.92. The van der Waals surface area contributed by atoms with Crippen molar-refractivity contribution in [2.75, 3.05) is 4.72 Å². The zero-order chi connectivity index (χ0) is 14.9. The molecule has 1 unspecified atom stereocenters. The number of nitrogens with one attached hydrogen (secondary N) is 1. The van der Waals surface area contributed by atoms with Crippen LogP contribution in [0.1, 0.15) is 24.4 Å². The van der Waals surface area contributed by atoms with Gasteiger partial charge in [-0.3, -0.25) is 4.72 Å². The zero-order valence-corrected chi connectivity index (χ0v) is 12.3. The van der Waals surface area contributed by atoms with Crippen LogP contribution in [0.2, 0.25) is 0 Å². The van der Waals surface area contributed by atoms with Gasteiger partial charge in [0.2, 0.25) is 0 Å². The average molecular weight is 295 g/mol. The maximum Gasteiger partial charge on any atom is 0.280 e. The number of imidazole rings is 1. The van der Waals surface area contributed by atoms with Gasteiger partial charge in [0.05, 0.1) is 11.8 Å². The second-order valence-electron chi connectivity index (χ2n) is 4.61. The molecule has 0 fully saturated rings. The van der Waals surface area contributed by atoms with Gasteiger partial charge in [0.25, 0.3) is 10.0 Å². The van der Waals surface area contributed by atoms with Crippen molar-refractivity contribution in [2.24, 2.45) is 7.05 Å². The minimum atomic E-state index is -3.76. The maximum atomic E-state index is 12.3. The van der Waals surface area contributed by atoms with E-state index >= 15 is 0 Å². The van der Waals surface area contributed by atoms with Crippen LogP contribution in [0.3, 0.4) is 0 Å². The fraction of sp³-hybridized carbons (Fsp3) is 0.308. The van der Waals surface area contributed by atoms with E-state index in [9.17, 15) is 13.5 Å². The third-order valence-corrected chi connectivity index (χ3v) is 4.25. The van der Waals surface area contributed by atoms with Gasteiger partial charge in [-0.25, -0.2) is 4.98 Å². The third-order valence-electron chi connectivity index (χ3n) is 3.02. The molecule has 1 aromatic carbocycles. The number of hydrogen-bond acceptors (Lipinski definition) is 4. The fourth-order valence-electron chi connectivity index (χ4n) is 1.81. The van der Waals surface area contributed by atoms with Gasteiger partial charge in [0, 0.05) is 18.8 Å². The lowest BCUT2D eigenvalue weighted by atomic mass is 10.1. The first-order valence-electron chi connectivity index (χ1n) is 6.11. The first-order chi connectivity index (χ1) is 9.31. The highest BCUT2D eigenvalue weighted by atomic mass is 32.2. The van der Waals surface area contributed by atoms with Crippen molar-refractivity contribution in [1.82, 2.24) is 9.55 Å². The molecule has 0 radical (unpaired) electrons. The molecule has 6 nitrogen and oxygen atoms in total. The number of para-hydroxylation sites is 1. The van der Waals surface area contributed by atoms with Crippen LogP contribution >= 0.6 is 0 Å². The fourth-order valence-corrected chi connectivity index (χ4v) is 2.94. The Morgan fingerprint density at radius 2 is 2.00 bits per heavy atom. The first-order valence-corrected chi connectivity index (χ1v) is 7.59. The Kier molecular flexibility index (Phi) is 3.82. The number of hydrogen-bond donors (Lipinski definition) is 2. The number of rotatable bonds is 4. The van der Waals surface area contributed by atoms with Crippen LogP contribution in [-0.4, -0.2) is 23.1 Å². The van der Waals surface area contributed by atoms with E-state index in [4.69, 9.17) is 0 Å². The van der Waals surface area contributed by atoms with E-state index in [1.807, 2.05) is 0 Å². The number of sulfonamides is 1. The quantitative estimate of drug-likeness (QED) is 0.897. The largest absolute Gasteiger partial charge is 0.389 e. The lowest BCUT2D eigenvalue weighted by Gasteiger charge is -2.13. The van der Waals surface area contributed by atoms with Gasteiger partial charge in [-0.2, -0.15) is 8.42 Å². The van der Waals surface area contributed by atoms with Crippen molar-refractivity contribution in [3.8, 4) is 0 Å². The molecule has 0 aliphatic carbocycles. The van der Waals surface area contributed by atoms with Crippen molar-refractivity contribution in [2.45, 2.75) is 25.0 Å². The molecule has 0 amide bonds. The molecule has 20 heavy (non-hydrogen) atoms. The molecule has 0 aliphatic rings. The third kappa shape index (κ3) is 2.83. The Morgan fingerprint density at radius 3 is 2.55 bits per heavy atom. The van der Waals surface area contributed by atoms with Crippen LogP contribution in [0.15, 0.2) is 35.5 Å². The first kappa shape index (κ1) is 14.5. The van der Waals surface area contributed by atoms with Crippen molar-refractivity contribution in [3.05, 3.63) is 41.9 Å². The van der Waals surface area contributed by atoms with E-state index in [0.29, 0.717) is 17.1 Å². The van der Waals surface area contributed by atoms with Gasteiger partial charge in [-0.1, -0.05) is 18.2 Å². The summed E-state index contributed by atoms with van der Waals surface area (Å²) in [6.45, 7) is 3.31. The van der Waals surface area contributed by atoms with E-state index in [1.54, 1.807) is 49.7 Å². The van der Waals surface area contributed by atoms with Crippen LogP contribution in [-0.2, 0) is 17.1 Å². The summed E-state index contributed by atoms with van der Waals surface area (Å²) in [4.78, 5) is 4.00. The van der Waals surface area contributed by atoms with Gasteiger partial charge in [-0.05, 0) is 19.9 Å². The molecule has 1 aromatic heterocycles. The van der Waals surface area contributed by atoms with Crippen molar-refractivity contribution in [1.29, 1.82) is 0 Å². The number of nitrogens with zero attached hydrogens (tertiary/aromatic N) is 2. The Hall–Kier alpha value is -1.86. The molecule has 1 atom stereocenters. The lowest BCUT2D eigenvalue weighted by Crippen LogP contribution is -2.15. The van der Waals surface area contributed by atoms with Gasteiger partial charge in [0.1, 0.15) is 5.82 Å². The molecule has 2 rings (SSSR count). The maximum absolute atomic E-state index is 12.3. The number of benzene rings is 1. The second kappa shape index (κ2) is 5.26. The molecule has 2 aromatic rings. The average Bonchev–Trinajstić information content (AvgIpc) is 2.70. The van der Waals surface area contributed by atoms with Crippen molar-refractivity contribution >= 4 is 15.7 Å². The standard InChI is InChI=1S/C13H17N3O3S/c1-9(17)11-6-4-5-7-12(11)15-20(18,19)13-8-16(3)10(2)14-13/h4-9,15,17H,1-3H3. The molecule has 1 heterocycles. The minimum absolute atomic E-state index is 0.0436. The number of aryl methyl sites for hydroxylation is 2. The highest BCUT2D eigenvalue weighted by Gasteiger charge is 2.20. The molecule has 0 aliphatic heterocycles. The molecule has 0 bridgehead atoms. The normalized spacial score (nSPS) is 13.2. The van der Waals surface area contributed by atoms with Gasteiger partial charge >= 0.3 is 0 Å². The smallest absolute Gasteiger partial charge is 0.280 e. The van der Waals surface area contributed by atoms with Crippen LogP contribution < -0.4 is 4.72 Å². The Bertz CT molecular complexity index is 701. The van der Waals surface area contributed by atoms with E-state index in [1.165, 1.54) is 6.20 Å². The summed E-state index contributed by atoms with van der Waals surface area (Å²) in [7, 11) is -2.04. The summed E-state index contributed by atoms with van der Waals surface area (Å²) in [5, 5.41) is 9.62. The van der Waals surface area contributed by atoms with Gasteiger partial charge in [0.15, 0.2) is 5.03 Å². The zero-order valence-electron chi connectivity index (χ0n) is 11.5. The molecule has 7 heteroatoms. The number of aromatic nitrogens is 2. The Morgan fingerprint density at radius 1 is 1.35 bits per heavy atom. The van der Waals surface area contributed by atoms with Crippen LogP contribution in [0, 0.1) is 6.92 Å². The molecule has 0 saturated carbocycles. The van der Waals surface area contributed by atoms with Gasteiger partial charge in [-0.15, -0.1) is 0 Å². The second-order valence-corrected chi connectivity index (χ2v) is 6.24. The minimum Gasteiger partial charge on any atom is -0.389 e. The summed E-state index contributed by atoms with van der Waals surface area (Å²) in [6, 6.07) is 6.72. The van der Waals surface area contributed by atoms with Gasteiger partial charge < -0.3 is 9.67 Å². The monoisotopic (exact) mass is 295 g/mol. The topological polar surface area (TPSA) is 84.2 Å². The number of anilines is 1. The summed E-state index contributed by atoms with van der Waals surface area (Å²) >= 11 is 0. The Labute approximate surface area is 118 Å². The van der Waals surface area contributed by atoms with E-state index in [2.05, 4.69) is 9.71 Å². The summed E-state index contributed by atoms with van der Waals surface area (Å²) in [6.07, 6.45) is 0.683.